The van der Waals surface area contributed by atoms with E-state index in [0.717, 1.165) is 5.56 Å². The van der Waals surface area contributed by atoms with E-state index in [1.807, 2.05) is 37.3 Å². The Labute approximate surface area is 124 Å². The largest absolute Gasteiger partial charge is 0.356 e. The van der Waals surface area contributed by atoms with E-state index in [1.165, 1.54) is 6.07 Å². The molecule has 0 saturated carbocycles. The Morgan fingerprint density at radius 3 is 2.50 bits per heavy atom. The van der Waals surface area contributed by atoms with Gasteiger partial charge in [-0.3, -0.25) is 0 Å². The number of nitrogens with one attached hydrogen (secondary N) is 2. The molecule has 0 radical (unpaired) electrons. The summed E-state index contributed by atoms with van der Waals surface area (Å²) in [4.78, 5) is 0. The average Bonchev–Trinajstić information content (AvgIpc) is 2.44. The summed E-state index contributed by atoms with van der Waals surface area (Å²) in [7, 11) is 0. The van der Waals surface area contributed by atoms with Gasteiger partial charge in [0.05, 0.1) is 6.04 Å². The van der Waals surface area contributed by atoms with Crippen molar-refractivity contribution >= 4 is 23.0 Å². The van der Waals surface area contributed by atoms with Gasteiger partial charge in [-0.1, -0.05) is 36.4 Å². The number of rotatable bonds is 3. The predicted octanol–water partition coefficient (Wildman–Crippen LogP) is 4.18. The smallest absolute Gasteiger partial charge is 0.171 e. The van der Waals surface area contributed by atoms with Gasteiger partial charge in [-0.15, -0.1) is 0 Å². The quantitative estimate of drug-likeness (QED) is 0.828. The molecule has 0 aliphatic heterocycles. The monoisotopic (exact) mass is 288 g/mol. The van der Waals surface area contributed by atoms with Crippen molar-refractivity contribution in [1.29, 1.82) is 0 Å². The van der Waals surface area contributed by atoms with Gasteiger partial charge < -0.3 is 10.6 Å². The lowest BCUT2D eigenvalue weighted by Gasteiger charge is -2.17. The van der Waals surface area contributed by atoms with Crippen LogP contribution in [0.4, 0.5) is 10.1 Å². The molecule has 0 bridgehead atoms. The summed E-state index contributed by atoms with van der Waals surface area (Å²) in [6, 6.07) is 15.1. The lowest BCUT2D eigenvalue weighted by Crippen LogP contribution is -2.30. The summed E-state index contributed by atoms with van der Waals surface area (Å²) in [5, 5.41) is 6.64. The van der Waals surface area contributed by atoms with Gasteiger partial charge in [0, 0.05) is 5.69 Å². The fraction of sp³-hybridized carbons (Fsp3) is 0.188. The van der Waals surface area contributed by atoms with Gasteiger partial charge in [0.2, 0.25) is 0 Å². The van der Waals surface area contributed by atoms with Crippen molar-refractivity contribution in [3.05, 3.63) is 65.5 Å². The maximum absolute atomic E-state index is 13.5. The zero-order valence-electron chi connectivity index (χ0n) is 11.5. The number of anilines is 1. The molecule has 104 valence electrons. The highest BCUT2D eigenvalue weighted by molar-refractivity contribution is 7.80. The van der Waals surface area contributed by atoms with E-state index in [9.17, 15) is 4.39 Å². The standard InChI is InChI=1S/C16H17FN2S/c1-11-8-9-14(10-15(11)17)19-16(20)18-12(2)13-6-4-3-5-7-13/h3-10,12H,1-2H3,(H2,18,19,20). The van der Waals surface area contributed by atoms with E-state index in [1.54, 1.807) is 19.1 Å². The maximum atomic E-state index is 13.5. The molecule has 2 aromatic carbocycles. The van der Waals surface area contributed by atoms with E-state index < -0.39 is 0 Å². The lowest BCUT2D eigenvalue weighted by molar-refractivity contribution is 0.619. The van der Waals surface area contributed by atoms with Crippen molar-refractivity contribution in [3.8, 4) is 0 Å². The molecule has 2 nitrogen and oxygen atoms in total. The minimum atomic E-state index is -0.242. The van der Waals surface area contributed by atoms with Crippen LogP contribution in [-0.4, -0.2) is 5.11 Å². The van der Waals surface area contributed by atoms with E-state index in [2.05, 4.69) is 10.6 Å². The first-order chi connectivity index (χ1) is 9.56. The second-order valence-electron chi connectivity index (χ2n) is 4.69. The molecule has 2 rings (SSSR count). The SMILES string of the molecule is Cc1ccc(NC(=S)NC(C)c2ccccc2)cc1F. The molecule has 4 heteroatoms. The molecule has 0 fully saturated rings. The van der Waals surface area contributed by atoms with Crippen molar-refractivity contribution < 1.29 is 4.39 Å². The first-order valence-electron chi connectivity index (χ1n) is 6.45. The maximum Gasteiger partial charge on any atom is 0.171 e. The molecular weight excluding hydrogens is 271 g/mol. The number of thiocarbonyl (C=S) groups is 1. The molecular formula is C16H17FN2S. The van der Waals surface area contributed by atoms with E-state index >= 15 is 0 Å². The van der Waals surface area contributed by atoms with Gasteiger partial charge in [0.15, 0.2) is 5.11 Å². The average molecular weight is 288 g/mol. The Morgan fingerprint density at radius 2 is 1.85 bits per heavy atom. The van der Waals surface area contributed by atoms with Gasteiger partial charge in [-0.25, -0.2) is 4.39 Å². The summed E-state index contributed by atoms with van der Waals surface area (Å²) in [5.74, 6) is -0.242. The molecule has 2 aromatic rings. The first kappa shape index (κ1) is 14.5. The van der Waals surface area contributed by atoms with Crippen LogP contribution < -0.4 is 10.6 Å². The van der Waals surface area contributed by atoms with Crippen LogP contribution in [0.25, 0.3) is 0 Å². The number of hydrogen-bond acceptors (Lipinski definition) is 1. The van der Waals surface area contributed by atoms with Crippen LogP contribution in [0.2, 0.25) is 0 Å². The van der Waals surface area contributed by atoms with Crippen molar-refractivity contribution in [2.45, 2.75) is 19.9 Å². The van der Waals surface area contributed by atoms with Crippen LogP contribution >= 0.6 is 12.2 Å². The molecule has 0 aromatic heterocycles. The Bertz CT molecular complexity index is 599. The molecule has 0 saturated heterocycles. The van der Waals surface area contributed by atoms with Gasteiger partial charge in [0.25, 0.3) is 0 Å². The zero-order chi connectivity index (χ0) is 14.5. The molecule has 1 atom stereocenters. The van der Waals surface area contributed by atoms with Gasteiger partial charge in [0.1, 0.15) is 5.82 Å². The van der Waals surface area contributed by atoms with Crippen LogP contribution in [0.5, 0.6) is 0 Å². The minimum absolute atomic E-state index is 0.0893. The van der Waals surface area contributed by atoms with Crippen molar-refractivity contribution in [3.63, 3.8) is 0 Å². The zero-order valence-corrected chi connectivity index (χ0v) is 12.3. The highest BCUT2D eigenvalue weighted by atomic mass is 32.1. The third kappa shape index (κ3) is 3.78. The normalized spacial score (nSPS) is 11.8. The van der Waals surface area contributed by atoms with Crippen LogP contribution in [0.1, 0.15) is 24.1 Å². The summed E-state index contributed by atoms with van der Waals surface area (Å²) in [6.07, 6.45) is 0. The molecule has 2 N–H and O–H groups in total. The summed E-state index contributed by atoms with van der Waals surface area (Å²) < 4.78 is 13.5. The minimum Gasteiger partial charge on any atom is -0.356 e. The van der Waals surface area contributed by atoms with Crippen LogP contribution in [0.3, 0.4) is 0 Å². The Kier molecular flexibility index (Phi) is 4.69. The summed E-state index contributed by atoms with van der Waals surface area (Å²) >= 11 is 5.24. The molecule has 0 amide bonds. The lowest BCUT2D eigenvalue weighted by atomic mass is 10.1. The van der Waals surface area contributed by atoms with Crippen molar-refractivity contribution in [2.24, 2.45) is 0 Å². The molecule has 20 heavy (non-hydrogen) atoms. The molecule has 0 spiro atoms. The highest BCUT2D eigenvalue weighted by Crippen LogP contribution is 2.15. The molecule has 0 aliphatic rings. The van der Waals surface area contributed by atoms with E-state index in [-0.39, 0.29) is 11.9 Å². The second-order valence-corrected chi connectivity index (χ2v) is 5.10. The molecule has 1 unspecified atom stereocenters. The third-order valence-corrected chi connectivity index (χ3v) is 3.30. The number of benzene rings is 2. The Hall–Kier alpha value is -1.94. The van der Waals surface area contributed by atoms with Gasteiger partial charge in [-0.2, -0.15) is 0 Å². The Morgan fingerprint density at radius 1 is 1.15 bits per heavy atom. The van der Waals surface area contributed by atoms with Gasteiger partial charge in [-0.05, 0) is 49.3 Å². The summed E-state index contributed by atoms with van der Waals surface area (Å²) in [6.45, 7) is 3.76. The predicted molar refractivity (Wildman–Crippen MR) is 85.4 cm³/mol. The number of hydrogen-bond donors (Lipinski definition) is 2. The fourth-order valence-corrected chi connectivity index (χ4v) is 2.15. The van der Waals surface area contributed by atoms with Crippen molar-refractivity contribution in [2.75, 3.05) is 5.32 Å². The van der Waals surface area contributed by atoms with Crippen LogP contribution in [0.15, 0.2) is 48.5 Å². The van der Waals surface area contributed by atoms with Gasteiger partial charge >= 0.3 is 0 Å². The number of aryl methyl sites for hydroxylation is 1. The second kappa shape index (κ2) is 6.48. The third-order valence-electron chi connectivity index (χ3n) is 3.08. The van der Waals surface area contributed by atoms with E-state index in [4.69, 9.17) is 12.2 Å². The highest BCUT2D eigenvalue weighted by Gasteiger charge is 2.07. The topological polar surface area (TPSA) is 24.1 Å². The Balaban J connectivity index is 1.97. The summed E-state index contributed by atoms with van der Waals surface area (Å²) in [5.41, 5.74) is 2.41. The van der Waals surface area contributed by atoms with Crippen molar-refractivity contribution in [1.82, 2.24) is 5.32 Å². The molecule has 0 aliphatic carbocycles. The first-order valence-corrected chi connectivity index (χ1v) is 6.85. The van der Waals surface area contributed by atoms with Crippen LogP contribution in [-0.2, 0) is 0 Å². The fourth-order valence-electron chi connectivity index (χ4n) is 1.86. The van der Waals surface area contributed by atoms with E-state index in [0.29, 0.717) is 16.4 Å². The van der Waals surface area contributed by atoms with Crippen LogP contribution in [0, 0.1) is 12.7 Å². The molecule has 0 heterocycles. The number of halogens is 1.